The first kappa shape index (κ1) is 13.0. The Balaban J connectivity index is 2.17. The van der Waals surface area contributed by atoms with Gasteiger partial charge in [0, 0.05) is 25.2 Å². The van der Waals surface area contributed by atoms with Crippen molar-refractivity contribution in [1.82, 2.24) is 10.2 Å². The van der Waals surface area contributed by atoms with Crippen molar-refractivity contribution in [2.45, 2.75) is 59.0 Å². The normalized spacial score (nSPS) is 28.6. The number of rotatable bonds is 5. The van der Waals surface area contributed by atoms with Crippen LogP contribution in [0.3, 0.4) is 0 Å². The Morgan fingerprint density at radius 2 is 1.80 bits per heavy atom. The van der Waals surface area contributed by atoms with Crippen LogP contribution in [0.4, 0.5) is 0 Å². The summed E-state index contributed by atoms with van der Waals surface area (Å²) in [6, 6.07) is 1.57. The zero-order valence-corrected chi connectivity index (χ0v) is 10.9. The van der Waals surface area contributed by atoms with Crippen molar-refractivity contribution in [1.29, 1.82) is 0 Å². The van der Waals surface area contributed by atoms with Crippen molar-refractivity contribution in [2.75, 3.05) is 19.6 Å². The molecule has 0 saturated carbocycles. The number of hydrogen-bond donors (Lipinski definition) is 1. The number of hydrogen-bond acceptors (Lipinski definition) is 2. The van der Waals surface area contributed by atoms with Crippen molar-refractivity contribution < 1.29 is 0 Å². The maximum atomic E-state index is 3.53. The van der Waals surface area contributed by atoms with Crippen molar-refractivity contribution in [3.05, 3.63) is 0 Å². The van der Waals surface area contributed by atoms with E-state index in [0.29, 0.717) is 0 Å². The van der Waals surface area contributed by atoms with Gasteiger partial charge < -0.3 is 5.32 Å². The maximum Gasteiger partial charge on any atom is 0.0112 e. The van der Waals surface area contributed by atoms with Gasteiger partial charge in [0.15, 0.2) is 0 Å². The second-order valence-corrected chi connectivity index (χ2v) is 5.46. The third-order valence-corrected chi connectivity index (χ3v) is 3.48. The lowest BCUT2D eigenvalue weighted by atomic mass is 9.98. The first-order valence-corrected chi connectivity index (χ1v) is 6.57. The SMILES string of the molecule is CC(C)CNCCN1C(C)CCCC1C. The molecule has 90 valence electrons. The molecule has 0 amide bonds. The van der Waals surface area contributed by atoms with E-state index in [1.54, 1.807) is 0 Å². The Kier molecular flexibility index (Phi) is 5.62. The zero-order valence-electron chi connectivity index (χ0n) is 10.9. The molecule has 0 spiro atoms. The molecule has 0 aromatic rings. The molecule has 0 aliphatic carbocycles. The van der Waals surface area contributed by atoms with E-state index in [0.717, 1.165) is 31.1 Å². The predicted molar refractivity (Wildman–Crippen MR) is 67.2 cm³/mol. The van der Waals surface area contributed by atoms with Gasteiger partial charge in [0.2, 0.25) is 0 Å². The van der Waals surface area contributed by atoms with Crippen molar-refractivity contribution in [3.8, 4) is 0 Å². The summed E-state index contributed by atoms with van der Waals surface area (Å²) in [5.74, 6) is 0.765. The molecule has 2 unspecified atom stereocenters. The van der Waals surface area contributed by atoms with E-state index in [1.807, 2.05) is 0 Å². The van der Waals surface area contributed by atoms with Gasteiger partial charge in [-0.15, -0.1) is 0 Å². The van der Waals surface area contributed by atoms with Gasteiger partial charge >= 0.3 is 0 Å². The standard InChI is InChI=1S/C13H28N2/c1-11(2)10-14-8-9-15-12(3)6-5-7-13(15)4/h11-14H,5-10H2,1-4H3. The van der Waals surface area contributed by atoms with Crippen LogP contribution in [-0.2, 0) is 0 Å². The van der Waals surface area contributed by atoms with E-state index in [-0.39, 0.29) is 0 Å². The molecule has 15 heavy (non-hydrogen) atoms. The van der Waals surface area contributed by atoms with Crippen LogP contribution in [0.1, 0.15) is 47.0 Å². The fraction of sp³-hybridized carbons (Fsp3) is 1.00. The van der Waals surface area contributed by atoms with Gasteiger partial charge in [-0.05, 0) is 39.2 Å². The molecule has 0 bridgehead atoms. The minimum absolute atomic E-state index is 0.765. The molecule has 1 saturated heterocycles. The summed E-state index contributed by atoms with van der Waals surface area (Å²) in [5.41, 5.74) is 0. The highest BCUT2D eigenvalue weighted by atomic mass is 15.2. The number of nitrogens with zero attached hydrogens (tertiary/aromatic N) is 1. The van der Waals surface area contributed by atoms with Crippen LogP contribution in [0, 0.1) is 5.92 Å². The van der Waals surface area contributed by atoms with E-state index >= 15 is 0 Å². The van der Waals surface area contributed by atoms with Crippen molar-refractivity contribution in [2.24, 2.45) is 5.92 Å². The van der Waals surface area contributed by atoms with Gasteiger partial charge in [0.1, 0.15) is 0 Å². The summed E-state index contributed by atoms with van der Waals surface area (Å²) in [4.78, 5) is 2.66. The molecule has 1 heterocycles. The Bertz CT molecular complexity index is 158. The minimum atomic E-state index is 0.765. The average molecular weight is 212 g/mol. The van der Waals surface area contributed by atoms with Crippen LogP contribution in [0.5, 0.6) is 0 Å². The second kappa shape index (κ2) is 6.49. The summed E-state index contributed by atoms with van der Waals surface area (Å²) in [6.07, 6.45) is 4.18. The number of piperidine rings is 1. The Morgan fingerprint density at radius 1 is 1.20 bits per heavy atom. The monoisotopic (exact) mass is 212 g/mol. The third kappa shape index (κ3) is 4.52. The summed E-state index contributed by atoms with van der Waals surface area (Å²) in [5, 5.41) is 3.53. The summed E-state index contributed by atoms with van der Waals surface area (Å²) >= 11 is 0. The smallest absolute Gasteiger partial charge is 0.0112 e. The Morgan fingerprint density at radius 3 is 2.33 bits per heavy atom. The van der Waals surface area contributed by atoms with Gasteiger partial charge in [0.05, 0.1) is 0 Å². The number of nitrogens with one attached hydrogen (secondary N) is 1. The van der Waals surface area contributed by atoms with Gasteiger partial charge in [-0.1, -0.05) is 20.3 Å². The van der Waals surface area contributed by atoms with E-state index in [4.69, 9.17) is 0 Å². The van der Waals surface area contributed by atoms with Crippen LogP contribution >= 0.6 is 0 Å². The average Bonchev–Trinajstić information content (AvgIpc) is 2.15. The summed E-state index contributed by atoms with van der Waals surface area (Å²) in [7, 11) is 0. The predicted octanol–water partition coefficient (Wildman–Crippen LogP) is 2.49. The largest absolute Gasteiger partial charge is 0.315 e. The highest BCUT2D eigenvalue weighted by Crippen LogP contribution is 2.21. The lowest BCUT2D eigenvalue weighted by molar-refractivity contribution is 0.104. The molecule has 1 rings (SSSR count). The molecule has 2 atom stereocenters. The van der Waals surface area contributed by atoms with Crippen LogP contribution in [0.2, 0.25) is 0 Å². The first-order valence-electron chi connectivity index (χ1n) is 6.57. The fourth-order valence-electron chi connectivity index (χ4n) is 2.51. The van der Waals surface area contributed by atoms with Gasteiger partial charge in [-0.25, -0.2) is 0 Å². The van der Waals surface area contributed by atoms with Crippen molar-refractivity contribution >= 4 is 0 Å². The molecular weight excluding hydrogens is 184 g/mol. The highest BCUT2D eigenvalue weighted by Gasteiger charge is 2.23. The van der Waals surface area contributed by atoms with Crippen LogP contribution < -0.4 is 5.32 Å². The molecule has 2 nitrogen and oxygen atoms in total. The van der Waals surface area contributed by atoms with E-state index in [9.17, 15) is 0 Å². The Labute approximate surface area is 95.4 Å². The van der Waals surface area contributed by atoms with Crippen LogP contribution in [0.25, 0.3) is 0 Å². The molecule has 2 heteroatoms. The molecular formula is C13H28N2. The number of likely N-dealkylation sites (tertiary alicyclic amines) is 1. The fourth-order valence-corrected chi connectivity index (χ4v) is 2.51. The quantitative estimate of drug-likeness (QED) is 0.704. The molecule has 1 aliphatic rings. The molecule has 0 aromatic heterocycles. The van der Waals surface area contributed by atoms with Crippen LogP contribution in [0.15, 0.2) is 0 Å². The lowest BCUT2D eigenvalue weighted by Gasteiger charge is -2.39. The van der Waals surface area contributed by atoms with E-state index in [2.05, 4.69) is 37.9 Å². The molecule has 1 N–H and O–H groups in total. The molecule has 1 fully saturated rings. The second-order valence-electron chi connectivity index (χ2n) is 5.46. The Hall–Kier alpha value is -0.0800. The third-order valence-electron chi connectivity index (χ3n) is 3.48. The maximum absolute atomic E-state index is 3.53. The van der Waals surface area contributed by atoms with E-state index in [1.165, 1.54) is 25.8 Å². The van der Waals surface area contributed by atoms with Crippen LogP contribution in [-0.4, -0.2) is 36.6 Å². The topological polar surface area (TPSA) is 15.3 Å². The molecule has 1 aliphatic heterocycles. The highest BCUT2D eigenvalue weighted by molar-refractivity contribution is 4.79. The van der Waals surface area contributed by atoms with Gasteiger partial charge in [-0.3, -0.25) is 4.90 Å². The van der Waals surface area contributed by atoms with Crippen molar-refractivity contribution in [3.63, 3.8) is 0 Å². The lowest BCUT2D eigenvalue weighted by Crippen LogP contribution is -2.46. The zero-order chi connectivity index (χ0) is 11.3. The van der Waals surface area contributed by atoms with E-state index < -0.39 is 0 Å². The minimum Gasteiger partial charge on any atom is -0.315 e. The summed E-state index contributed by atoms with van der Waals surface area (Å²) in [6.45, 7) is 12.8. The van der Waals surface area contributed by atoms with Gasteiger partial charge in [0.25, 0.3) is 0 Å². The summed E-state index contributed by atoms with van der Waals surface area (Å²) < 4.78 is 0. The molecule has 0 aromatic carbocycles. The first-order chi connectivity index (χ1) is 7.11. The van der Waals surface area contributed by atoms with Gasteiger partial charge in [-0.2, -0.15) is 0 Å². The molecule has 0 radical (unpaired) electrons.